The van der Waals surface area contributed by atoms with E-state index in [9.17, 15) is 14.7 Å². The molecule has 1 amide bonds. The number of hydrogen-bond acceptors (Lipinski definition) is 4. The van der Waals surface area contributed by atoms with Crippen LogP contribution in [0.5, 0.6) is 0 Å². The minimum Gasteiger partial charge on any atom is -0.469 e. The van der Waals surface area contributed by atoms with Crippen molar-refractivity contribution in [2.45, 2.75) is 56.1 Å². The molecule has 0 aromatic carbocycles. The summed E-state index contributed by atoms with van der Waals surface area (Å²) < 4.78 is 4.72. The molecular weight excluding hydrogens is 246 g/mol. The maximum atomic E-state index is 12.3. The number of esters is 1. The maximum Gasteiger partial charge on any atom is 0.305 e. The molecule has 1 saturated heterocycles. The lowest BCUT2D eigenvalue weighted by atomic mass is 9.86. The Morgan fingerprint density at radius 3 is 2.53 bits per heavy atom. The van der Waals surface area contributed by atoms with Crippen LogP contribution < -0.4 is 0 Å². The highest BCUT2D eigenvalue weighted by atomic mass is 16.5. The molecule has 0 bridgehead atoms. The SMILES string of the molecule is COC(=O)CC1CCN(C(=O)C2(O)CC2)C2(CC2)C1. The molecule has 1 atom stereocenters. The van der Waals surface area contributed by atoms with Crippen LogP contribution in [0.15, 0.2) is 0 Å². The van der Waals surface area contributed by atoms with E-state index >= 15 is 0 Å². The second kappa shape index (κ2) is 4.20. The van der Waals surface area contributed by atoms with Crippen molar-refractivity contribution in [3.05, 3.63) is 0 Å². The molecule has 5 nitrogen and oxygen atoms in total. The Morgan fingerprint density at radius 1 is 1.32 bits per heavy atom. The van der Waals surface area contributed by atoms with E-state index in [0.717, 1.165) is 25.7 Å². The molecule has 19 heavy (non-hydrogen) atoms. The van der Waals surface area contributed by atoms with Crippen molar-refractivity contribution in [3.8, 4) is 0 Å². The van der Waals surface area contributed by atoms with Gasteiger partial charge in [0.25, 0.3) is 5.91 Å². The number of carbonyl (C=O) groups is 2. The van der Waals surface area contributed by atoms with Gasteiger partial charge in [0.15, 0.2) is 0 Å². The van der Waals surface area contributed by atoms with E-state index in [1.165, 1.54) is 7.11 Å². The zero-order chi connectivity index (χ0) is 13.7. The van der Waals surface area contributed by atoms with Crippen LogP contribution in [0.2, 0.25) is 0 Å². The van der Waals surface area contributed by atoms with Gasteiger partial charge in [0.05, 0.1) is 7.11 Å². The first-order chi connectivity index (χ1) is 8.99. The van der Waals surface area contributed by atoms with Gasteiger partial charge in [0.1, 0.15) is 5.60 Å². The van der Waals surface area contributed by atoms with Gasteiger partial charge in [-0.05, 0) is 44.4 Å². The molecule has 2 aliphatic carbocycles. The second-order valence-corrected chi connectivity index (χ2v) is 6.35. The topological polar surface area (TPSA) is 66.8 Å². The maximum absolute atomic E-state index is 12.3. The first-order valence-corrected chi connectivity index (χ1v) is 7.10. The Kier molecular flexibility index (Phi) is 2.85. The molecule has 3 fully saturated rings. The molecule has 1 aliphatic heterocycles. The lowest BCUT2D eigenvalue weighted by molar-refractivity contribution is -0.149. The number of hydrogen-bond donors (Lipinski definition) is 1. The van der Waals surface area contributed by atoms with Crippen LogP contribution in [0.4, 0.5) is 0 Å². The molecule has 1 spiro atoms. The van der Waals surface area contributed by atoms with Crippen molar-refractivity contribution in [1.82, 2.24) is 4.90 Å². The molecule has 106 valence electrons. The van der Waals surface area contributed by atoms with Gasteiger partial charge < -0.3 is 14.7 Å². The second-order valence-electron chi connectivity index (χ2n) is 6.35. The van der Waals surface area contributed by atoms with E-state index in [2.05, 4.69) is 0 Å². The summed E-state index contributed by atoms with van der Waals surface area (Å²) in [4.78, 5) is 25.6. The Labute approximate surface area is 112 Å². The number of piperidine rings is 1. The first kappa shape index (κ1) is 12.9. The third kappa shape index (κ3) is 2.24. The zero-order valence-electron chi connectivity index (χ0n) is 11.4. The largest absolute Gasteiger partial charge is 0.469 e. The minimum atomic E-state index is -1.06. The van der Waals surface area contributed by atoms with Crippen LogP contribution in [0.25, 0.3) is 0 Å². The summed E-state index contributed by atoms with van der Waals surface area (Å²) in [6.07, 6.45) is 5.38. The summed E-state index contributed by atoms with van der Waals surface area (Å²) in [7, 11) is 1.41. The Balaban J connectivity index is 1.65. The molecule has 3 aliphatic rings. The summed E-state index contributed by atoms with van der Waals surface area (Å²) in [5.41, 5.74) is -1.13. The van der Waals surface area contributed by atoms with Crippen molar-refractivity contribution in [3.63, 3.8) is 0 Å². The summed E-state index contributed by atoms with van der Waals surface area (Å²) in [5, 5.41) is 9.99. The fourth-order valence-corrected chi connectivity index (χ4v) is 3.31. The number of ether oxygens (including phenoxy) is 1. The zero-order valence-corrected chi connectivity index (χ0v) is 11.4. The predicted octanol–water partition coefficient (Wildman–Crippen LogP) is 0.846. The molecule has 0 aromatic rings. The lowest BCUT2D eigenvalue weighted by Gasteiger charge is -2.41. The van der Waals surface area contributed by atoms with Gasteiger partial charge >= 0.3 is 5.97 Å². The standard InChI is InChI=1S/C14H21NO4/c1-19-11(16)8-10-2-7-15(13(9-10)3-4-13)12(17)14(18)5-6-14/h10,18H,2-9H2,1H3. The van der Waals surface area contributed by atoms with Crippen LogP contribution in [0.3, 0.4) is 0 Å². The minimum absolute atomic E-state index is 0.0632. The average molecular weight is 267 g/mol. The number of rotatable bonds is 3. The monoisotopic (exact) mass is 267 g/mol. The highest BCUT2D eigenvalue weighted by molar-refractivity contribution is 5.89. The van der Waals surface area contributed by atoms with Crippen molar-refractivity contribution in [2.24, 2.45) is 5.92 Å². The third-order valence-corrected chi connectivity index (χ3v) is 4.88. The van der Waals surface area contributed by atoms with Gasteiger partial charge in [-0.25, -0.2) is 0 Å². The summed E-state index contributed by atoms with van der Waals surface area (Å²) >= 11 is 0. The van der Waals surface area contributed by atoms with E-state index in [-0.39, 0.29) is 17.4 Å². The third-order valence-electron chi connectivity index (χ3n) is 4.88. The normalized spacial score (nSPS) is 30.0. The smallest absolute Gasteiger partial charge is 0.305 e. The van der Waals surface area contributed by atoms with E-state index in [1.54, 1.807) is 0 Å². The Bertz CT molecular complexity index is 412. The fraction of sp³-hybridized carbons (Fsp3) is 0.857. The summed E-state index contributed by atoms with van der Waals surface area (Å²) in [6, 6.07) is 0. The van der Waals surface area contributed by atoms with E-state index < -0.39 is 5.60 Å². The molecule has 0 radical (unpaired) electrons. The fourth-order valence-electron chi connectivity index (χ4n) is 3.31. The molecule has 1 N–H and O–H groups in total. The highest BCUT2D eigenvalue weighted by Gasteiger charge is 2.59. The number of methoxy groups -OCH3 is 1. The predicted molar refractivity (Wildman–Crippen MR) is 67.2 cm³/mol. The lowest BCUT2D eigenvalue weighted by Crippen LogP contribution is -2.52. The number of amides is 1. The molecule has 5 heteroatoms. The number of carbonyl (C=O) groups excluding carboxylic acids is 2. The van der Waals surface area contributed by atoms with Crippen molar-refractivity contribution < 1.29 is 19.4 Å². The van der Waals surface area contributed by atoms with Gasteiger partial charge in [-0.2, -0.15) is 0 Å². The Hall–Kier alpha value is -1.10. The van der Waals surface area contributed by atoms with Gasteiger partial charge in [0.2, 0.25) is 0 Å². The number of aliphatic hydroxyl groups is 1. The van der Waals surface area contributed by atoms with Gasteiger partial charge in [-0.15, -0.1) is 0 Å². The number of nitrogens with zero attached hydrogens (tertiary/aromatic N) is 1. The van der Waals surface area contributed by atoms with Crippen molar-refractivity contribution in [1.29, 1.82) is 0 Å². The quantitative estimate of drug-likeness (QED) is 0.770. The molecule has 1 unspecified atom stereocenters. The molecular formula is C14H21NO4. The molecule has 1 heterocycles. The van der Waals surface area contributed by atoms with Crippen LogP contribution >= 0.6 is 0 Å². The van der Waals surface area contributed by atoms with Gasteiger partial charge in [0, 0.05) is 18.5 Å². The molecule has 0 aromatic heterocycles. The first-order valence-electron chi connectivity index (χ1n) is 7.10. The molecule has 2 saturated carbocycles. The summed E-state index contributed by atoms with van der Waals surface area (Å²) in [6.45, 7) is 0.669. The van der Waals surface area contributed by atoms with Crippen LogP contribution in [-0.2, 0) is 14.3 Å². The van der Waals surface area contributed by atoms with Crippen molar-refractivity contribution >= 4 is 11.9 Å². The van der Waals surface area contributed by atoms with Crippen LogP contribution in [0.1, 0.15) is 44.9 Å². The van der Waals surface area contributed by atoms with Crippen molar-refractivity contribution in [2.75, 3.05) is 13.7 Å². The summed E-state index contributed by atoms with van der Waals surface area (Å²) in [5.74, 6) is 0.0655. The van der Waals surface area contributed by atoms with E-state index in [1.807, 2.05) is 4.90 Å². The highest BCUT2D eigenvalue weighted by Crippen LogP contribution is 2.53. The van der Waals surface area contributed by atoms with E-state index in [0.29, 0.717) is 31.7 Å². The van der Waals surface area contributed by atoms with Gasteiger partial charge in [-0.1, -0.05) is 0 Å². The van der Waals surface area contributed by atoms with Gasteiger partial charge in [-0.3, -0.25) is 9.59 Å². The Morgan fingerprint density at radius 2 is 2.00 bits per heavy atom. The van der Waals surface area contributed by atoms with Crippen LogP contribution in [0, 0.1) is 5.92 Å². The average Bonchev–Trinajstić information content (AvgIpc) is 3.30. The van der Waals surface area contributed by atoms with E-state index in [4.69, 9.17) is 4.74 Å². The molecule has 3 rings (SSSR count). The van der Waals surface area contributed by atoms with Crippen LogP contribution in [-0.4, -0.2) is 46.7 Å². The number of likely N-dealkylation sites (tertiary alicyclic amines) is 1.